The highest BCUT2D eigenvalue weighted by molar-refractivity contribution is 5.99. The molecule has 2 amide bonds. The lowest BCUT2D eigenvalue weighted by Crippen LogP contribution is -2.39. The molecular weight excluding hydrogens is 292 g/mol. The van der Waals surface area contributed by atoms with Crippen molar-refractivity contribution in [1.82, 2.24) is 0 Å². The molecule has 5 heteroatoms. The summed E-state index contributed by atoms with van der Waals surface area (Å²) in [6.45, 7) is 4.07. The maximum Gasteiger partial charge on any atom is 0.235 e. The zero-order valence-corrected chi connectivity index (χ0v) is 14.0. The highest BCUT2D eigenvalue weighted by Gasteiger charge is 2.36. The third kappa shape index (κ3) is 3.05. The van der Waals surface area contributed by atoms with Crippen molar-refractivity contribution in [2.75, 3.05) is 23.9 Å². The normalized spacial score (nSPS) is 20.7. The van der Waals surface area contributed by atoms with Crippen molar-refractivity contribution >= 4 is 23.2 Å². The Morgan fingerprint density at radius 1 is 1.30 bits per heavy atom. The van der Waals surface area contributed by atoms with Crippen molar-refractivity contribution < 1.29 is 14.3 Å². The van der Waals surface area contributed by atoms with Crippen molar-refractivity contribution in [3.05, 3.63) is 18.2 Å². The maximum absolute atomic E-state index is 12.4. The average Bonchev–Trinajstić information content (AvgIpc) is 3.03. The Hall–Kier alpha value is -2.04. The number of amides is 2. The third-order valence-corrected chi connectivity index (χ3v) is 4.79. The zero-order chi connectivity index (χ0) is 16.6. The molecule has 0 radical (unpaired) electrons. The topological polar surface area (TPSA) is 58.6 Å². The van der Waals surface area contributed by atoms with Crippen LogP contribution in [0.2, 0.25) is 0 Å². The molecule has 0 aromatic heterocycles. The first kappa shape index (κ1) is 15.8. The number of nitrogens with zero attached hydrogens (tertiary/aromatic N) is 1. The molecule has 23 heavy (non-hydrogen) atoms. The van der Waals surface area contributed by atoms with Crippen LogP contribution in [0.25, 0.3) is 0 Å². The van der Waals surface area contributed by atoms with Crippen molar-refractivity contribution in [1.29, 1.82) is 0 Å². The lowest BCUT2D eigenvalue weighted by molar-refractivity contribution is -0.127. The van der Waals surface area contributed by atoms with Gasteiger partial charge in [0.05, 0.1) is 11.1 Å². The SMILES string of the molecule is CN1C(=O)C(C)(C)COc2cc(NC(=O)C3CCCC3)ccc21. The molecule has 1 aliphatic carbocycles. The van der Waals surface area contributed by atoms with E-state index in [4.69, 9.17) is 4.74 Å². The van der Waals surface area contributed by atoms with Gasteiger partial charge in [-0.05, 0) is 38.8 Å². The number of carbonyl (C=O) groups is 2. The molecule has 1 aliphatic heterocycles. The molecule has 5 nitrogen and oxygen atoms in total. The molecule has 0 atom stereocenters. The third-order valence-electron chi connectivity index (χ3n) is 4.79. The van der Waals surface area contributed by atoms with Gasteiger partial charge in [-0.3, -0.25) is 9.59 Å². The fraction of sp³-hybridized carbons (Fsp3) is 0.556. The lowest BCUT2D eigenvalue weighted by Gasteiger charge is -2.24. The second kappa shape index (κ2) is 5.87. The lowest BCUT2D eigenvalue weighted by atomic mass is 9.93. The smallest absolute Gasteiger partial charge is 0.235 e. The van der Waals surface area contributed by atoms with Gasteiger partial charge < -0.3 is 15.0 Å². The van der Waals surface area contributed by atoms with Crippen LogP contribution in [0.4, 0.5) is 11.4 Å². The van der Waals surface area contributed by atoms with Gasteiger partial charge >= 0.3 is 0 Å². The number of fused-ring (bicyclic) bond motifs is 1. The number of carbonyl (C=O) groups excluding carboxylic acids is 2. The summed E-state index contributed by atoms with van der Waals surface area (Å²) in [4.78, 5) is 26.3. The molecule has 0 bridgehead atoms. The molecule has 0 spiro atoms. The summed E-state index contributed by atoms with van der Waals surface area (Å²) in [6, 6.07) is 5.48. The molecule has 1 saturated carbocycles. The first-order valence-electron chi connectivity index (χ1n) is 8.24. The standard InChI is InChI=1S/C18H24N2O3/c1-18(2)11-23-15-10-13(8-9-14(15)20(3)17(18)22)19-16(21)12-6-4-5-7-12/h8-10,12H,4-7,11H2,1-3H3,(H,19,21). The van der Waals surface area contributed by atoms with E-state index in [0.29, 0.717) is 12.4 Å². The number of hydrogen-bond acceptors (Lipinski definition) is 3. The van der Waals surface area contributed by atoms with E-state index in [-0.39, 0.29) is 17.7 Å². The second-order valence-corrected chi connectivity index (χ2v) is 7.19. The van der Waals surface area contributed by atoms with Crippen LogP contribution in [0.5, 0.6) is 5.75 Å². The summed E-state index contributed by atoms with van der Waals surface area (Å²) in [6.07, 6.45) is 4.21. The van der Waals surface area contributed by atoms with Crippen LogP contribution in [0.15, 0.2) is 18.2 Å². The Labute approximate surface area is 137 Å². The molecule has 1 aromatic carbocycles. The number of hydrogen-bond donors (Lipinski definition) is 1. The van der Waals surface area contributed by atoms with Gasteiger partial charge in [0.2, 0.25) is 11.8 Å². The Morgan fingerprint density at radius 3 is 2.70 bits per heavy atom. The minimum absolute atomic E-state index is 0.0268. The van der Waals surface area contributed by atoms with Gasteiger partial charge in [-0.15, -0.1) is 0 Å². The van der Waals surface area contributed by atoms with Gasteiger partial charge in [-0.2, -0.15) is 0 Å². The highest BCUT2D eigenvalue weighted by atomic mass is 16.5. The molecular formula is C18H24N2O3. The molecule has 1 fully saturated rings. The van der Waals surface area contributed by atoms with Gasteiger partial charge in [0.1, 0.15) is 12.4 Å². The van der Waals surface area contributed by atoms with Crippen LogP contribution in [-0.2, 0) is 9.59 Å². The fourth-order valence-electron chi connectivity index (χ4n) is 3.30. The van der Waals surface area contributed by atoms with Gasteiger partial charge in [0.25, 0.3) is 0 Å². The Morgan fingerprint density at radius 2 is 2.00 bits per heavy atom. The molecule has 124 valence electrons. The van der Waals surface area contributed by atoms with E-state index in [0.717, 1.165) is 37.1 Å². The summed E-state index contributed by atoms with van der Waals surface area (Å²) in [5, 5.41) is 2.98. The van der Waals surface area contributed by atoms with E-state index < -0.39 is 5.41 Å². The van der Waals surface area contributed by atoms with Crippen molar-refractivity contribution in [2.45, 2.75) is 39.5 Å². The number of rotatable bonds is 2. The summed E-state index contributed by atoms with van der Waals surface area (Å²) in [7, 11) is 1.76. The van der Waals surface area contributed by atoms with E-state index in [2.05, 4.69) is 5.32 Å². The van der Waals surface area contributed by atoms with E-state index in [1.54, 1.807) is 11.9 Å². The van der Waals surface area contributed by atoms with Crippen molar-refractivity contribution in [3.63, 3.8) is 0 Å². The molecule has 1 heterocycles. The van der Waals surface area contributed by atoms with Gasteiger partial charge in [0, 0.05) is 24.7 Å². The average molecular weight is 316 g/mol. The summed E-state index contributed by atoms with van der Waals surface area (Å²) >= 11 is 0. The van der Waals surface area contributed by atoms with Crippen LogP contribution in [0.1, 0.15) is 39.5 Å². The van der Waals surface area contributed by atoms with Gasteiger partial charge in [0.15, 0.2) is 0 Å². The quantitative estimate of drug-likeness (QED) is 0.911. The van der Waals surface area contributed by atoms with E-state index in [9.17, 15) is 9.59 Å². The molecule has 0 saturated heterocycles. The number of ether oxygens (including phenoxy) is 1. The predicted octanol–water partition coefficient (Wildman–Crippen LogP) is 3.20. The Kier molecular flexibility index (Phi) is 4.04. The van der Waals surface area contributed by atoms with E-state index in [1.165, 1.54) is 0 Å². The first-order chi connectivity index (χ1) is 10.9. The first-order valence-corrected chi connectivity index (χ1v) is 8.24. The zero-order valence-electron chi connectivity index (χ0n) is 14.0. The van der Waals surface area contributed by atoms with Crippen LogP contribution < -0.4 is 15.0 Å². The maximum atomic E-state index is 12.4. The predicted molar refractivity (Wildman–Crippen MR) is 89.7 cm³/mol. The Balaban J connectivity index is 1.81. The number of anilines is 2. The van der Waals surface area contributed by atoms with Crippen LogP contribution in [0.3, 0.4) is 0 Å². The molecule has 1 aromatic rings. The van der Waals surface area contributed by atoms with Crippen molar-refractivity contribution in [3.8, 4) is 5.75 Å². The number of benzene rings is 1. The largest absolute Gasteiger partial charge is 0.490 e. The number of nitrogens with one attached hydrogen (secondary N) is 1. The minimum Gasteiger partial charge on any atom is -0.490 e. The molecule has 3 rings (SSSR count). The molecule has 1 N–H and O–H groups in total. The monoisotopic (exact) mass is 316 g/mol. The van der Waals surface area contributed by atoms with Crippen LogP contribution >= 0.6 is 0 Å². The Bertz CT molecular complexity index is 633. The summed E-state index contributed by atoms with van der Waals surface area (Å²) in [5.41, 5.74) is 0.891. The van der Waals surface area contributed by atoms with E-state index in [1.807, 2.05) is 32.0 Å². The molecule has 2 aliphatic rings. The molecule has 0 unspecified atom stereocenters. The highest BCUT2D eigenvalue weighted by Crippen LogP contribution is 2.37. The van der Waals surface area contributed by atoms with Crippen LogP contribution in [0, 0.1) is 11.3 Å². The minimum atomic E-state index is -0.568. The van der Waals surface area contributed by atoms with E-state index >= 15 is 0 Å². The van der Waals surface area contributed by atoms with Crippen molar-refractivity contribution in [2.24, 2.45) is 11.3 Å². The fourth-order valence-corrected chi connectivity index (χ4v) is 3.30. The summed E-state index contributed by atoms with van der Waals surface area (Å²) < 4.78 is 5.84. The van der Waals surface area contributed by atoms with Gasteiger partial charge in [-0.25, -0.2) is 0 Å². The second-order valence-electron chi connectivity index (χ2n) is 7.19. The summed E-state index contributed by atoms with van der Waals surface area (Å²) in [5.74, 6) is 0.869. The van der Waals surface area contributed by atoms with Gasteiger partial charge in [-0.1, -0.05) is 12.8 Å². The van der Waals surface area contributed by atoms with Crippen LogP contribution in [-0.4, -0.2) is 25.5 Å².